The molecule has 0 unspecified atom stereocenters. The van der Waals surface area contributed by atoms with Gasteiger partial charge in [0.1, 0.15) is 10.3 Å². The van der Waals surface area contributed by atoms with E-state index in [-0.39, 0.29) is 5.56 Å². The van der Waals surface area contributed by atoms with E-state index in [1.54, 1.807) is 0 Å². The van der Waals surface area contributed by atoms with Crippen LogP contribution >= 0.6 is 27.5 Å². The van der Waals surface area contributed by atoms with E-state index in [0.29, 0.717) is 16.2 Å². The zero-order valence-corrected chi connectivity index (χ0v) is 11.5. The highest BCUT2D eigenvalue weighted by atomic mass is 79.9. The maximum Gasteiger partial charge on any atom is 0.267 e. The van der Waals surface area contributed by atoms with Crippen molar-refractivity contribution >= 4 is 33.3 Å². The molecular weight excluding hydrogens is 293 g/mol. The first-order chi connectivity index (χ1) is 7.66. The molecule has 1 rings (SSSR count). The molecule has 0 radical (unpaired) electrons. The third-order valence-electron chi connectivity index (χ3n) is 2.27. The molecule has 0 saturated carbocycles. The Labute approximate surface area is 108 Å². The summed E-state index contributed by atoms with van der Waals surface area (Å²) in [6.07, 6.45) is 4.58. The average molecular weight is 309 g/mol. The Bertz CT molecular complexity index is 383. The fourth-order valence-electron chi connectivity index (χ4n) is 1.37. The van der Waals surface area contributed by atoms with Gasteiger partial charge in [0.25, 0.3) is 5.56 Å². The third-order valence-corrected chi connectivity index (χ3v) is 3.25. The molecule has 0 aliphatic rings. The molecule has 1 aromatic heterocycles. The minimum Gasteiger partial charge on any atom is -0.359 e. The zero-order chi connectivity index (χ0) is 12.0. The van der Waals surface area contributed by atoms with Crippen LogP contribution in [0, 0.1) is 0 Å². The predicted molar refractivity (Wildman–Crippen MR) is 70.4 cm³/mol. The first-order valence-electron chi connectivity index (χ1n) is 5.17. The molecule has 1 aromatic rings. The molecule has 1 N–H and O–H groups in total. The standard InChI is InChI=1S/C10H15BrClN3O/c1-15(6-4-2-3-5-12)9-8(11)10(16)14-7-13-9/h7H,2-6H2,1H3,(H,13,14,16). The number of halogens is 2. The van der Waals surface area contributed by atoms with Gasteiger partial charge in [-0.3, -0.25) is 4.79 Å². The zero-order valence-electron chi connectivity index (χ0n) is 9.17. The summed E-state index contributed by atoms with van der Waals surface area (Å²) in [5.74, 6) is 1.38. The van der Waals surface area contributed by atoms with Gasteiger partial charge in [0, 0.05) is 19.5 Å². The van der Waals surface area contributed by atoms with Gasteiger partial charge in [0.05, 0.1) is 6.33 Å². The van der Waals surface area contributed by atoms with E-state index in [1.165, 1.54) is 6.33 Å². The highest BCUT2D eigenvalue weighted by molar-refractivity contribution is 9.10. The summed E-state index contributed by atoms with van der Waals surface area (Å²) in [5.41, 5.74) is -0.155. The smallest absolute Gasteiger partial charge is 0.267 e. The number of anilines is 1. The third kappa shape index (κ3) is 3.79. The molecule has 0 aliphatic carbocycles. The van der Waals surface area contributed by atoms with Crippen LogP contribution in [-0.2, 0) is 0 Å². The van der Waals surface area contributed by atoms with Gasteiger partial charge in [0.15, 0.2) is 0 Å². The highest BCUT2D eigenvalue weighted by Gasteiger charge is 2.09. The Morgan fingerprint density at radius 2 is 2.25 bits per heavy atom. The monoisotopic (exact) mass is 307 g/mol. The van der Waals surface area contributed by atoms with Gasteiger partial charge in [-0.05, 0) is 28.8 Å². The second-order valence-electron chi connectivity index (χ2n) is 3.54. The van der Waals surface area contributed by atoms with Crippen LogP contribution in [0.1, 0.15) is 19.3 Å². The Morgan fingerprint density at radius 3 is 2.94 bits per heavy atom. The molecule has 0 amide bonds. The van der Waals surface area contributed by atoms with E-state index in [0.717, 1.165) is 25.8 Å². The first-order valence-corrected chi connectivity index (χ1v) is 6.50. The number of unbranched alkanes of at least 4 members (excludes halogenated alkanes) is 2. The number of alkyl halides is 1. The quantitative estimate of drug-likeness (QED) is 0.648. The second-order valence-corrected chi connectivity index (χ2v) is 4.71. The van der Waals surface area contributed by atoms with Crippen LogP contribution in [0.3, 0.4) is 0 Å². The van der Waals surface area contributed by atoms with Crippen LogP contribution in [0.2, 0.25) is 0 Å². The number of nitrogens with zero attached hydrogens (tertiary/aromatic N) is 2. The molecule has 0 aromatic carbocycles. The van der Waals surface area contributed by atoms with Crippen molar-refractivity contribution in [3.63, 3.8) is 0 Å². The molecule has 0 bridgehead atoms. The molecule has 90 valence electrons. The van der Waals surface area contributed by atoms with Crippen molar-refractivity contribution in [2.45, 2.75) is 19.3 Å². The van der Waals surface area contributed by atoms with E-state index in [9.17, 15) is 4.79 Å². The normalized spacial score (nSPS) is 10.4. The second kappa shape index (κ2) is 6.91. The molecule has 0 spiro atoms. The highest BCUT2D eigenvalue weighted by Crippen LogP contribution is 2.17. The number of aromatic amines is 1. The Kier molecular flexibility index (Phi) is 5.84. The lowest BCUT2D eigenvalue weighted by atomic mass is 10.2. The number of H-pyrrole nitrogens is 1. The number of hydrogen-bond donors (Lipinski definition) is 1. The SMILES string of the molecule is CN(CCCCCCl)c1nc[nH]c(=O)c1Br. The van der Waals surface area contributed by atoms with Crippen LogP contribution < -0.4 is 10.5 Å². The summed E-state index contributed by atoms with van der Waals surface area (Å²) >= 11 is 8.84. The lowest BCUT2D eigenvalue weighted by Gasteiger charge is -2.18. The first kappa shape index (κ1) is 13.5. The topological polar surface area (TPSA) is 49.0 Å². The van der Waals surface area contributed by atoms with Crippen molar-refractivity contribution < 1.29 is 0 Å². The van der Waals surface area contributed by atoms with Crippen molar-refractivity contribution in [3.05, 3.63) is 21.2 Å². The minimum atomic E-state index is -0.155. The van der Waals surface area contributed by atoms with Crippen LogP contribution in [0.15, 0.2) is 15.6 Å². The maximum atomic E-state index is 11.3. The van der Waals surface area contributed by atoms with Gasteiger partial charge in [-0.1, -0.05) is 6.42 Å². The van der Waals surface area contributed by atoms with Crippen LogP contribution in [0.4, 0.5) is 5.82 Å². The van der Waals surface area contributed by atoms with Crippen LogP contribution in [0.25, 0.3) is 0 Å². The lowest BCUT2D eigenvalue weighted by molar-refractivity contribution is 0.702. The lowest BCUT2D eigenvalue weighted by Crippen LogP contribution is -2.23. The molecule has 0 saturated heterocycles. The van der Waals surface area contributed by atoms with Gasteiger partial charge in [0.2, 0.25) is 0 Å². The number of hydrogen-bond acceptors (Lipinski definition) is 3. The van der Waals surface area contributed by atoms with Gasteiger partial charge < -0.3 is 9.88 Å². The number of aromatic nitrogens is 2. The Balaban J connectivity index is 2.56. The van der Waals surface area contributed by atoms with Gasteiger partial charge in [-0.15, -0.1) is 11.6 Å². The Morgan fingerprint density at radius 1 is 1.50 bits per heavy atom. The summed E-state index contributed by atoms with van der Waals surface area (Å²) in [4.78, 5) is 19.9. The molecule has 0 fully saturated rings. The van der Waals surface area contributed by atoms with E-state index < -0.39 is 0 Å². The van der Waals surface area contributed by atoms with Crippen LogP contribution in [0.5, 0.6) is 0 Å². The summed E-state index contributed by atoms with van der Waals surface area (Å²) in [6, 6.07) is 0. The molecule has 0 atom stereocenters. The maximum absolute atomic E-state index is 11.3. The summed E-state index contributed by atoms with van der Waals surface area (Å²) in [6.45, 7) is 0.867. The average Bonchev–Trinajstić information content (AvgIpc) is 2.28. The van der Waals surface area contributed by atoms with Crippen molar-refractivity contribution in [1.29, 1.82) is 0 Å². The van der Waals surface area contributed by atoms with Crippen LogP contribution in [-0.4, -0.2) is 29.4 Å². The van der Waals surface area contributed by atoms with Gasteiger partial charge >= 0.3 is 0 Å². The fraction of sp³-hybridized carbons (Fsp3) is 0.600. The predicted octanol–water partition coefficient (Wildman–Crippen LogP) is 2.38. The molecular formula is C10H15BrClN3O. The van der Waals surface area contributed by atoms with Crippen molar-refractivity contribution in [2.24, 2.45) is 0 Å². The summed E-state index contributed by atoms with van der Waals surface area (Å²) in [7, 11) is 1.92. The molecule has 6 heteroatoms. The van der Waals surface area contributed by atoms with E-state index >= 15 is 0 Å². The molecule has 4 nitrogen and oxygen atoms in total. The van der Waals surface area contributed by atoms with Gasteiger partial charge in [-0.25, -0.2) is 4.98 Å². The molecule has 1 heterocycles. The molecule has 16 heavy (non-hydrogen) atoms. The molecule has 0 aliphatic heterocycles. The van der Waals surface area contributed by atoms with Crippen molar-refractivity contribution in [3.8, 4) is 0 Å². The van der Waals surface area contributed by atoms with Gasteiger partial charge in [-0.2, -0.15) is 0 Å². The summed E-state index contributed by atoms with van der Waals surface area (Å²) in [5, 5.41) is 0. The minimum absolute atomic E-state index is 0.155. The van der Waals surface area contributed by atoms with Crippen molar-refractivity contribution in [2.75, 3.05) is 24.4 Å². The summed E-state index contributed by atoms with van der Waals surface area (Å²) < 4.78 is 0.481. The largest absolute Gasteiger partial charge is 0.359 e. The number of rotatable bonds is 6. The number of nitrogens with one attached hydrogen (secondary N) is 1. The van der Waals surface area contributed by atoms with E-state index in [2.05, 4.69) is 25.9 Å². The Hall–Kier alpha value is -0.550. The van der Waals surface area contributed by atoms with E-state index in [1.807, 2.05) is 11.9 Å². The van der Waals surface area contributed by atoms with Crippen molar-refractivity contribution in [1.82, 2.24) is 9.97 Å². The van der Waals surface area contributed by atoms with E-state index in [4.69, 9.17) is 11.6 Å². The fourth-order valence-corrected chi connectivity index (χ4v) is 2.07.